The molecule has 3 rings (SSSR count). The summed E-state index contributed by atoms with van der Waals surface area (Å²) in [6, 6.07) is 21.6. The largest absolute Gasteiger partial charge is 0.493 e. The highest BCUT2D eigenvalue weighted by atomic mass is 127. The van der Waals surface area contributed by atoms with Gasteiger partial charge in [-0.2, -0.15) is 5.10 Å². The molecule has 0 heterocycles. The normalized spacial score (nSPS) is 10.8. The predicted octanol–water partition coefficient (Wildman–Crippen LogP) is 5.66. The van der Waals surface area contributed by atoms with E-state index in [2.05, 4.69) is 33.1 Å². The van der Waals surface area contributed by atoms with Gasteiger partial charge in [-0.25, -0.2) is 0 Å². The molecule has 3 aromatic rings. The summed E-state index contributed by atoms with van der Waals surface area (Å²) < 4.78 is 12.5. The zero-order valence-electron chi connectivity index (χ0n) is 15.4. The Morgan fingerprint density at radius 3 is 2.50 bits per heavy atom. The molecule has 0 aromatic heterocycles. The van der Waals surface area contributed by atoms with Gasteiger partial charge in [0.05, 0.1) is 23.4 Å². The summed E-state index contributed by atoms with van der Waals surface area (Å²) in [6.07, 6.45) is 1.77. The third-order valence-electron chi connectivity index (χ3n) is 3.98. The lowest BCUT2D eigenvalue weighted by molar-refractivity contribution is 0.282. The summed E-state index contributed by atoms with van der Waals surface area (Å²) in [6.45, 7) is 1.11. The summed E-state index contributed by atoms with van der Waals surface area (Å²) >= 11 is 8.15. The van der Waals surface area contributed by atoms with Crippen molar-refractivity contribution >= 4 is 40.4 Å². The zero-order chi connectivity index (χ0) is 19.8. The highest BCUT2D eigenvalue weighted by Crippen LogP contribution is 2.34. The predicted molar refractivity (Wildman–Crippen MR) is 122 cm³/mol. The highest BCUT2D eigenvalue weighted by Gasteiger charge is 2.11. The molecular weight excluding hydrogens is 487 g/mol. The summed E-state index contributed by atoms with van der Waals surface area (Å²) in [5, 5.41) is 5.02. The van der Waals surface area contributed by atoms with Crippen molar-refractivity contribution in [3.8, 4) is 11.5 Å². The van der Waals surface area contributed by atoms with Crippen LogP contribution < -0.4 is 14.9 Å². The van der Waals surface area contributed by atoms with Crippen molar-refractivity contribution in [2.24, 2.45) is 5.10 Å². The Kier molecular flexibility index (Phi) is 7.56. The van der Waals surface area contributed by atoms with Gasteiger partial charge in [0.1, 0.15) is 6.61 Å². The molecule has 3 aromatic carbocycles. The van der Waals surface area contributed by atoms with Crippen molar-refractivity contribution in [1.29, 1.82) is 0 Å². The number of nitrogens with one attached hydrogen (secondary N) is 1. The molecule has 0 radical (unpaired) electrons. The fourth-order valence-corrected chi connectivity index (χ4v) is 3.45. The van der Waals surface area contributed by atoms with Gasteiger partial charge in [-0.05, 0) is 63.5 Å². The van der Waals surface area contributed by atoms with E-state index in [1.807, 2.05) is 66.7 Å². The molecule has 1 N–H and O–H groups in total. The lowest BCUT2D eigenvalue weighted by Gasteiger charge is -2.13. The molecule has 0 saturated carbocycles. The first-order valence-corrected chi connectivity index (χ1v) is 10.2. The molecule has 0 aliphatic heterocycles. The SMILES string of the molecule is COc1cc(/C=N\NCc2ccc(Cl)cc2)cc(I)c1OCc1ccccc1. The molecule has 0 unspecified atom stereocenters. The maximum absolute atomic E-state index is 5.99. The van der Waals surface area contributed by atoms with Crippen LogP contribution in [0, 0.1) is 3.57 Å². The maximum atomic E-state index is 5.99. The van der Waals surface area contributed by atoms with Crippen LogP contribution in [-0.4, -0.2) is 13.3 Å². The van der Waals surface area contributed by atoms with Crippen LogP contribution in [0.15, 0.2) is 71.8 Å². The van der Waals surface area contributed by atoms with Gasteiger partial charge < -0.3 is 14.9 Å². The second-order valence-electron chi connectivity index (χ2n) is 6.03. The molecule has 0 spiro atoms. The van der Waals surface area contributed by atoms with Crippen molar-refractivity contribution in [2.45, 2.75) is 13.2 Å². The Morgan fingerprint density at radius 1 is 1.04 bits per heavy atom. The summed E-state index contributed by atoms with van der Waals surface area (Å²) in [5.74, 6) is 1.42. The van der Waals surface area contributed by atoms with Gasteiger partial charge >= 0.3 is 0 Å². The first-order valence-electron chi connectivity index (χ1n) is 8.70. The number of ether oxygens (including phenoxy) is 2. The molecule has 0 amide bonds. The van der Waals surface area contributed by atoms with Crippen LogP contribution in [0.5, 0.6) is 11.5 Å². The minimum atomic E-state index is 0.489. The van der Waals surface area contributed by atoms with E-state index < -0.39 is 0 Å². The van der Waals surface area contributed by atoms with Gasteiger partial charge in [0, 0.05) is 5.02 Å². The van der Waals surface area contributed by atoms with Crippen LogP contribution in [0.25, 0.3) is 0 Å². The third kappa shape index (κ3) is 5.87. The smallest absolute Gasteiger partial charge is 0.174 e. The fourth-order valence-electron chi connectivity index (χ4n) is 2.54. The third-order valence-corrected chi connectivity index (χ3v) is 5.03. The molecule has 0 aliphatic rings. The highest BCUT2D eigenvalue weighted by molar-refractivity contribution is 14.1. The van der Waals surface area contributed by atoms with Gasteiger partial charge in [-0.3, -0.25) is 0 Å². The Balaban J connectivity index is 1.63. The second kappa shape index (κ2) is 10.3. The van der Waals surface area contributed by atoms with E-state index in [4.69, 9.17) is 21.1 Å². The molecular formula is C22H20ClIN2O2. The fraction of sp³-hybridized carbons (Fsp3) is 0.136. The van der Waals surface area contributed by atoms with Crippen molar-refractivity contribution in [3.05, 3.63) is 92.0 Å². The lowest BCUT2D eigenvalue weighted by atomic mass is 10.2. The quantitative estimate of drug-likeness (QED) is 0.244. The van der Waals surface area contributed by atoms with Crippen LogP contribution >= 0.6 is 34.2 Å². The minimum Gasteiger partial charge on any atom is -0.493 e. The number of halogens is 2. The average Bonchev–Trinajstić information content (AvgIpc) is 2.72. The second-order valence-corrected chi connectivity index (χ2v) is 7.63. The molecule has 0 saturated heterocycles. The topological polar surface area (TPSA) is 42.8 Å². The Hall–Kier alpha value is -2.25. The van der Waals surface area contributed by atoms with Crippen molar-refractivity contribution in [2.75, 3.05) is 7.11 Å². The first kappa shape index (κ1) is 20.5. The van der Waals surface area contributed by atoms with Crippen LogP contribution in [0.2, 0.25) is 5.02 Å². The number of methoxy groups -OCH3 is 1. The van der Waals surface area contributed by atoms with Crippen molar-refractivity contribution in [1.82, 2.24) is 5.43 Å². The van der Waals surface area contributed by atoms with Crippen molar-refractivity contribution in [3.63, 3.8) is 0 Å². The molecule has 0 fully saturated rings. The van der Waals surface area contributed by atoms with Gasteiger partial charge in [0.15, 0.2) is 11.5 Å². The van der Waals surface area contributed by atoms with Gasteiger partial charge in [0.25, 0.3) is 0 Å². The summed E-state index contributed by atoms with van der Waals surface area (Å²) in [7, 11) is 1.64. The van der Waals surface area contributed by atoms with Crippen LogP contribution in [-0.2, 0) is 13.2 Å². The molecule has 4 nitrogen and oxygen atoms in total. The average molecular weight is 507 g/mol. The number of hydrazone groups is 1. The number of benzene rings is 3. The van der Waals surface area contributed by atoms with Crippen LogP contribution in [0.1, 0.15) is 16.7 Å². The van der Waals surface area contributed by atoms with Gasteiger partial charge in [-0.1, -0.05) is 54.1 Å². The van der Waals surface area contributed by atoms with Gasteiger partial charge in [-0.15, -0.1) is 0 Å². The van der Waals surface area contributed by atoms with E-state index in [9.17, 15) is 0 Å². The summed E-state index contributed by atoms with van der Waals surface area (Å²) in [5.41, 5.74) is 6.19. The molecule has 0 atom stereocenters. The Bertz CT molecular complexity index is 931. The first-order chi connectivity index (χ1) is 13.7. The van der Waals surface area contributed by atoms with E-state index in [1.165, 1.54) is 0 Å². The number of rotatable bonds is 8. The Morgan fingerprint density at radius 2 is 1.79 bits per heavy atom. The maximum Gasteiger partial charge on any atom is 0.174 e. The van der Waals surface area contributed by atoms with E-state index >= 15 is 0 Å². The minimum absolute atomic E-state index is 0.489. The van der Waals surface area contributed by atoms with Crippen LogP contribution in [0.4, 0.5) is 0 Å². The van der Waals surface area contributed by atoms with E-state index in [-0.39, 0.29) is 0 Å². The molecule has 0 bridgehead atoms. The van der Waals surface area contributed by atoms with Crippen LogP contribution in [0.3, 0.4) is 0 Å². The van der Waals surface area contributed by atoms with E-state index in [1.54, 1.807) is 13.3 Å². The molecule has 144 valence electrons. The lowest BCUT2D eigenvalue weighted by Crippen LogP contribution is -2.05. The van der Waals surface area contributed by atoms with Crippen molar-refractivity contribution < 1.29 is 9.47 Å². The van der Waals surface area contributed by atoms with Gasteiger partial charge in [0.2, 0.25) is 0 Å². The number of nitrogens with zero attached hydrogens (tertiary/aromatic N) is 1. The van der Waals surface area contributed by atoms with E-state index in [0.717, 1.165) is 31.0 Å². The number of hydrogen-bond donors (Lipinski definition) is 1. The molecule has 0 aliphatic carbocycles. The Labute approximate surface area is 183 Å². The standard InChI is InChI=1S/C22H20ClIN2O2/c1-27-21-12-18(14-26-25-13-16-7-9-19(23)10-8-16)11-20(24)22(21)28-15-17-5-3-2-4-6-17/h2-12,14,25H,13,15H2,1H3/b26-14-. The summed E-state index contributed by atoms with van der Waals surface area (Å²) in [4.78, 5) is 0. The van der Waals surface area contributed by atoms with E-state index in [0.29, 0.717) is 18.9 Å². The number of hydrogen-bond acceptors (Lipinski definition) is 4. The zero-order valence-corrected chi connectivity index (χ0v) is 18.3. The monoisotopic (exact) mass is 506 g/mol. The molecule has 28 heavy (non-hydrogen) atoms. The molecule has 6 heteroatoms.